The summed E-state index contributed by atoms with van der Waals surface area (Å²) in [5, 5.41) is 7.45. The summed E-state index contributed by atoms with van der Waals surface area (Å²) >= 11 is 0. The van der Waals surface area contributed by atoms with Crippen LogP contribution in [0.2, 0.25) is 0 Å². The van der Waals surface area contributed by atoms with Crippen molar-refractivity contribution in [2.24, 2.45) is 0 Å². The zero-order chi connectivity index (χ0) is 20.3. The van der Waals surface area contributed by atoms with Gasteiger partial charge < -0.3 is 15.1 Å². The number of rotatable bonds is 4. The molecular weight excluding hydrogens is 382 g/mol. The Morgan fingerprint density at radius 1 is 0.933 bits per heavy atom. The van der Waals surface area contributed by atoms with Crippen LogP contribution in [0.5, 0.6) is 0 Å². The number of pyridine rings is 1. The van der Waals surface area contributed by atoms with E-state index >= 15 is 0 Å². The third-order valence-electron chi connectivity index (χ3n) is 4.91. The van der Waals surface area contributed by atoms with Gasteiger partial charge in [-0.3, -0.25) is 9.78 Å². The minimum absolute atomic E-state index is 0.258. The second-order valence-electron chi connectivity index (χ2n) is 6.84. The maximum atomic E-state index is 12.3. The van der Waals surface area contributed by atoms with Crippen LogP contribution in [0.1, 0.15) is 10.4 Å². The molecule has 0 unspecified atom stereocenters. The number of imidazole rings is 1. The molecule has 0 spiro atoms. The molecule has 0 bridgehead atoms. The molecule has 150 valence electrons. The molecule has 4 aromatic heterocycles. The highest BCUT2D eigenvalue weighted by atomic mass is 16.1. The molecule has 10 nitrogen and oxygen atoms in total. The molecule has 4 aromatic rings. The number of hydrogen-bond donors (Lipinski definition) is 1. The average Bonchev–Trinajstić information content (AvgIpc) is 3.22. The van der Waals surface area contributed by atoms with Crippen molar-refractivity contribution >= 4 is 29.1 Å². The van der Waals surface area contributed by atoms with Gasteiger partial charge in [0, 0.05) is 51.0 Å². The first-order valence-corrected chi connectivity index (χ1v) is 9.61. The van der Waals surface area contributed by atoms with Crippen LogP contribution >= 0.6 is 0 Å². The zero-order valence-corrected chi connectivity index (χ0v) is 16.1. The van der Waals surface area contributed by atoms with Gasteiger partial charge in [0.2, 0.25) is 5.95 Å². The molecule has 1 N–H and O–H groups in total. The van der Waals surface area contributed by atoms with Crippen molar-refractivity contribution in [3.05, 3.63) is 66.9 Å². The SMILES string of the molecule is O=C(Nc1cn2nc(N3CCN(c4ncccn4)CC3)ccc2n1)c1cccnc1. The summed E-state index contributed by atoms with van der Waals surface area (Å²) in [4.78, 5) is 33.7. The molecule has 0 saturated carbocycles. The summed E-state index contributed by atoms with van der Waals surface area (Å²) in [6, 6.07) is 9.08. The van der Waals surface area contributed by atoms with Crippen molar-refractivity contribution in [1.82, 2.24) is 29.5 Å². The fourth-order valence-electron chi connectivity index (χ4n) is 3.38. The highest BCUT2D eigenvalue weighted by molar-refractivity contribution is 6.03. The van der Waals surface area contributed by atoms with Gasteiger partial charge in [0.1, 0.15) is 5.82 Å². The fourth-order valence-corrected chi connectivity index (χ4v) is 3.38. The van der Waals surface area contributed by atoms with E-state index < -0.39 is 0 Å². The molecule has 1 saturated heterocycles. The van der Waals surface area contributed by atoms with Crippen LogP contribution in [0, 0.1) is 0 Å². The van der Waals surface area contributed by atoms with Crippen LogP contribution < -0.4 is 15.1 Å². The van der Waals surface area contributed by atoms with Gasteiger partial charge in [0.15, 0.2) is 11.5 Å². The van der Waals surface area contributed by atoms with Gasteiger partial charge >= 0.3 is 0 Å². The molecule has 1 aliphatic rings. The van der Waals surface area contributed by atoms with Gasteiger partial charge in [-0.2, -0.15) is 0 Å². The second kappa shape index (κ2) is 7.74. The summed E-state index contributed by atoms with van der Waals surface area (Å²) in [6.07, 6.45) is 8.37. The Hall–Kier alpha value is -4.08. The minimum atomic E-state index is -0.258. The molecule has 1 aliphatic heterocycles. The second-order valence-corrected chi connectivity index (χ2v) is 6.84. The van der Waals surface area contributed by atoms with Crippen molar-refractivity contribution in [2.45, 2.75) is 0 Å². The van der Waals surface area contributed by atoms with Gasteiger partial charge in [0.05, 0.1) is 11.8 Å². The number of nitrogens with zero attached hydrogens (tertiary/aromatic N) is 8. The minimum Gasteiger partial charge on any atom is -0.352 e. The van der Waals surface area contributed by atoms with E-state index in [1.165, 1.54) is 6.20 Å². The van der Waals surface area contributed by atoms with Crippen LogP contribution in [0.25, 0.3) is 5.65 Å². The lowest BCUT2D eigenvalue weighted by molar-refractivity contribution is 0.102. The first-order chi connectivity index (χ1) is 14.8. The number of nitrogens with one attached hydrogen (secondary N) is 1. The maximum absolute atomic E-state index is 12.3. The topological polar surface area (TPSA) is 104 Å². The number of hydrogen-bond acceptors (Lipinski definition) is 8. The Balaban J connectivity index is 1.28. The van der Waals surface area contributed by atoms with E-state index in [4.69, 9.17) is 0 Å². The standard InChI is InChI=1S/C20H19N9O/c30-19(15-3-1-6-21-13-15)25-16-14-29-17(24-16)4-5-18(26-29)27-9-11-28(12-10-27)20-22-7-2-8-23-20/h1-8,13-14H,9-12H2,(H,25,30). The van der Waals surface area contributed by atoms with Crippen molar-refractivity contribution in [3.63, 3.8) is 0 Å². The predicted molar refractivity (Wildman–Crippen MR) is 112 cm³/mol. The van der Waals surface area contributed by atoms with Crippen LogP contribution in [0.3, 0.4) is 0 Å². The fraction of sp³-hybridized carbons (Fsp3) is 0.200. The Morgan fingerprint density at radius 3 is 2.50 bits per heavy atom. The molecule has 1 amide bonds. The molecule has 0 aromatic carbocycles. The van der Waals surface area contributed by atoms with E-state index in [0.717, 1.165) is 37.9 Å². The highest BCUT2D eigenvalue weighted by Gasteiger charge is 2.20. The molecule has 0 atom stereocenters. The van der Waals surface area contributed by atoms with Crippen LogP contribution in [-0.4, -0.2) is 61.6 Å². The first-order valence-electron chi connectivity index (χ1n) is 9.61. The molecule has 0 aliphatic carbocycles. The quantitative estimate of drug-likeness (QED) is 0.549. The molecule has 10 heteroatoms. The molecule has 30 heavy (non-hydrogen) atoms. The van der Waals surface area contributed by atoms with Gasteiger partial charge in [-0.05, 0) is 30.3 Å². The largest absolute Gasteiger partial charge is 0.352 e. The van der Waals surface area contributed by atoms with Gasteiger partial charge in [-0.25, -0.2) is 19.5 Å². The lowest BCUT2D eigenvalue weighted by Gasteiger charge is -2.35. The number of fused-ring (bicyclic) bond motifs is 1. The number of piperazine rings is 1. The normalized spacial score (nSPS) is 14.1. The van der Waals surface area contributed by atoms with Crippen molar-refractivity contribution in [1.29, 1.82) is 0 Å². The van der Waals surface area contributed by atoms with Crippen LogP contribution in [0.15, 0.2) is 61.3 Å². The monoisotopic (exact) mass is 401 g/mol. The Labute approximate surface area is 172 Å². The number of carbonyl (C=O) groups excluding carboxylic acids is 1. The van der Waals surface area contributed by atoms with Crippen molar-refractivity contribution < 1.29 is 4.79 Å². The summed E-state index contributed by atoms with van der Waals surface area (Å²) in [5.74, 6) is 1.80. The summed E-state index contributed by atoms with van der Waals surface area (Å²) in [6.45, 7) is 3.27. The Bertz CT molecular complexity index is 1150. The number of anilines is 3. The Morgan fingerprint density at radius 2 is 1.73 bits per heavy atom. The van der Waals surface area contributed by atoms with Crippen LogP contribution in [-0.2, 0) is 0 Å². The van der Waals surface area contributed by atoms with Gasteiger partial charge in [0.25, 0.3) is 5.91 Å². The van der Waals surface area contributed by atoms with Crippen LogP contribution in [0.4, 0.5) is 17.6 Å². The lowest BCUT2D eigenvalue weighted by Crippen LogP contribution is -2.47. The number of aromatic nitrogens is 6. The van der Waals surface area contributed by atoms with Gasteiger partial charge in [-0.1, -0.05) is 0 Å². The molecule has 5 rings (SSSR count). The molecule has 5 heterocycles. The third kappa shape index (κ3) is 3.62. The van der Waals surface area contributed by atoms with Crippen molar-refractivity contribution in [3.8, 4) is 0 Å². The first kappa shape index (κ1) is 18.0. The molecule has 1 fully saturated rings. The lowest BCUT2D eigenvalue weighted by atomic mass is 10.3. The van der Waals surface area contributed by atoms with E-state index in [2.05, 4.69) is 40.2 Å². The predicted octanol–water partition coefficient (Wildman–Crippen LogP) is 1.49. The van der Waals surface area contributed by atoms with E-state index in [1.807, 2.05) is 18.2 Å². The maximum Gasteiger partial charge on any atom is 0.258 e. The van der Waals surface area contributed by atoms with E-state index in [9.17, 15) is 4.79 Å². The van der Waals surface area contributed by atoms with Crippen molar-refractivity contribution in [2.75, 3.05) is 41.3 Å². The molecule has 0 radical (unpaired) electrons. The summed E-state index contributed by atoms with van der Waals surface area (Å²) in [7, 11) is 0. The summed E-state index contributed by atoms with van der Waals surface area (Å²) < 4.78 is 1.68. The summed E-state index contributed by atoms with van der Waals surface area (Å²) in [5.41, 5.74) is 1.14. The van der Waals surface area contributed by atoms with Gasteiger partial charge in [-0.15, -0.1) is 5.10 Å². The number of amides is 1. The molecular formula is C20H19N9O. The third-order valence-corrected chi connectivity index (χ3v) is 4.91. The van der Waals surface area contributed by atoms with E-state index in [0.29, 0.717) is 17.0 Å². The zero-order valence-electron chi connectivity index (χ0n) is 16.1. The smallest absolute Gasteiger partial charge is 0.258 e. The van der Waals surface area contributed by atoms with E-state index in [-0.39, 0.29) is 5.91 Å². The van der Waals surface area contributed by atoms with E-state index in [1.54, 1.807) is 41.4 Å². The average molecular weight is 401 g/mol. The number of carbonyl (C=O) groups is 1. The Kier molecular flexibility index (Phi) is 4.64. The highest BCUT2D eigenvalue weighted by Crippen LogP contribution is 2.18.